The van der Waals surface area contributed by atoms with Crippen LogP contribution in [0.15, 0.2) is 23.1 Å². The van der Waals surface area contributed by atoms with Crippen molar-refractivity contribution in [3.05, 3.63) is 29.6 Å². The third-order valence-electron chi connectivity index (χ3n) is 2.35. The molecule has 0 radical (unpaired) electrons. The van der Waals surface area contributed by atoms with E-state index in [0.717, 1.165) is 5.56 Å². The Labute approximate surface area is 111 Å². The summed E-state index contributed by atoms with van der Waals surface area (Å²) in [6.45, 7) is 4.41. The van der Waals surface area contributed by atoms with Crippen LogP contribution in [-0.2, 0) is 6.54 Å². The Hall–Kier alpha value is -0.620. The Morgan fingerprint density at radius 2 is 2.11 bits per heavy atom. The lowest BCUT2D eigenvalue weighted by Crippen LogP contribution is -2.21. The normalized spacial score (nSPS) is 13.0. The first-order valence-corrected chi connectivity index (χ1v) is 6.95. The highest BCUT2D eigenvalue weighted by atomic mass is 32.2. The smallest absolute Gasteiger partial charge is 0.137 e. The number of nitrogens with one attached hydrogen (secondary N) is 1. The van der Waals surface area contributed by atoms with E-state index in [1.807, 2.05) is 19.9 Å². The maximum absolute atomic E-state index is 13.7. The van der Waals surface area contributed by atoms with Crippen molar-refractivity contribution in [2.75, 3.05) is 12.4 Å². The molecule has 18 heavy (non-hydrogen) atoms. The minimum absolute atomic E-state index is 0.284. The Kier molecular flexibility index (Phi) is 6.63. The highest BCUT2D eigenvalue weighted by Crippen LogP contribution is 2.23. The number of rotatable bonds is 7. The standard InChI is InChI=1S/C13H20FNO2S/c1-9(2)15-6-10-3-4-13(12(14)5-10)18-8-11(17)7-16/h3-5,9,11,15-17H,6-8H2,1-2H3. The van der Waals surface area contributed by atoms with E-state index in [1.54, 1.807) is 6.07 Å². The molecule has 1 atom stereocenters. The van der Waals surface area contributed by atoms with E-state index in [2.05, 4.69) is 5.32 Å². The summed E-state index contributed by atoms with van der Waals surface area (Å²) in [6.07, 6.45) is -0.809. The van der Waals surface area contributed by atoms with Gasteiger partial charge in [-0.2, -0.15) is 0 Å². The van der Waals surface area contributed by atoms with Crippen LogP contribution in [0.5, 0.6) is 0 Å². The summed E-state index contributed by atoms with van der Waals surface area (Å²) in [6, 6.07) is 5.44. The molecule has 0 bridgehead atoms. The predicted molar refractivity (Wildman–Crippen MR) is 72.2 cm³/mol. The molecular formula is C13H20FNO2S. The van der Waals surface area contributed by atoms with Crippen LogP contribution in [0.1, 0.15) is 19.4 Å². The zero-order chi connectivity index (χ0) is 13.5. The number of benzene rings is 1. The molecule has 5 heteroatoms. The summed E-state index contributed by atoms with van der Waals surface area (Å²) < 4.78 is 13.7. The Bertz CT molecular complexity index is 374. The number of aliphatic hydroxyl groups excluding tert-OH is 2. The van der Waals surface area contributed by atoms with Crippen LogP contribution in [0.3, 0.4) is 0 Å². The minimum Gasteiger partial charge on any atom is -0.394 e. The van der Waals surface area contributed by atoms with Crippen molar-refractivity contribution in [2.45, 2.75) is 37.4 Å². The number of hydrogen-bond acceptors (Lipinski definition) is 4. The van der Waals surface area contributed by atoms with Gasteiger partial charge < -0.3 is 15.5 Å². The van der Waals surface area contributed by atoms with Gasteiger partial charge in [0.25, 0.3) is 0 Å². The molecule has 0 aliphatic rings. The molecule has 0 heterocycles. The summed E-state index contributed by atoms with van der Waals surface area (Å²) in [4.78, 5) is 0.496. The summed E-state index contributed by atoms with van der Waals surface area (Å²) >= 11 is 1.21. The van der Waals surface area contributed by atoms with Gasteiger partial charge in [0.2, 0.25) is 0 Å². The molecule has 1 aromatic rings. The Morgan fingerprint density at radius 1 is 1.39 bits per heavy atom. The first kappa shape index (κ1) is 15.4. The highest BCUT2D eigenvalue weighted by Gasteiger charge is 2.08. The molecule has 1 aromatic carbocycles. The van der Waals surface area contributed by atoms with Gasteiger partial charge in [-0.1, -0.05) is 19.9 Å². The van der Waals surface area contributed by atoms with E-state index in [4.69, 9.17) is 5.11 Å². The molecule has 1 rings (SSSR count). The second kappa shape index (κ2) is 7.74. The fourth-order valence-corrected chi connectivity index (χ4v) is 2.17. The van der Waals surface area contributed by atoms with Gasteiger partial charge in [0.15, 0.2) is 0 Å². The largest absolute Gasteiger partial charge is 0.394 e. The van der Waals surface area contributed by atoms with E-state index in [1.165, 1.54) is 17.8 Å². The molecule has 3 N–H and O–H groups in total. The molecule has 102 valence electrons. The maximum atomic E-state index is 13.7. The van der Waals surface area contributed by atoms with Crippen molar-refractivity contribution in [1.82, 2.24) is 5.32 Å². The molecule has 3 nitrogen and oxygen atoms in total. The van der Waals surface area contributed by atoms with Gasteiger partial charge in [0, 0.05) is 23.2 Å². The molecule has 1 unspecified atom stereocenters. The van der Waals surface area contributed by atoms with Crippen LogP contribution in [0.2, 0.25) is 0 Å². The van der Waals surface area contributed by atoms with E-state index in [0.29, 0.717) is 17.5 Å². The van der Waals surface area contributed by atoms with Crippen LogP contribution in [0.25, 0.3) is 0 Å². The topological polar surface area (TPSA) is 52.5 Å². The third-order valence-corrected chi connectivity index (χ3v) is 3.55. The Balaban J connectivity index is 2.56. The molecule has 0 amide bonds. The molecular weight excluding hydrogens is 253 g/mol. The zero-order valence-electron chi connectivity index (χ0n) is 10.7. The number of halogens is 1. The molecule has 0 saturated carbocycles. The number of thioether (sulfide) groups is 1. The van der Waals surface area contributed by atoms with E-state index in [-0.39, 0.29) is 18.2 Å². The van der Waals surface area contributed by atoms with E-state index >= 15 is 0 Å². The average molecular weight is 273 g/mol. The fourth-order valence-electron chi connectivity index (χ4n) is 1.33. The van der Waals surface area contributed by atoms with Crippen molar-refractivity contribution >= 4 is 11.8 Å². The predicted octanol–water partition coefficient (Wildman–Crippen LogP) is 1.77. The molecule has 0 fully saturated rings. The van der Waals surface area contributed by atoms with Gasteiger partial charge in [-0.15, -0.1) is 11.8 Å². The van der Waals surface area contributed by atoms with E-state index in [9.17, 15) is 9.50 Å². The van der Waals surface area contributed by atoms with Gasteiger partial charge in [0.1, 0.15) is 5.82 Å². The Morgan fingerprint density at radius 3 is 2.67 bits per heavy atom. The minimum atomic E-state index is -0.809. The lowest BCUT2D eigenvalue weighted by Gasteiger charge is -2.10. The number of aliphatic hydroxyl groups is 2. The lowest BCUT2D eigenvalue weighted by atomic mass is 10.2. The highest BCUT2D eigenvalue weighted by molar-refractivity contribution is 7.99. The first-order valence-electron chi connectivity index (χ1n) is 5.96. The summed E-state index contributed by atoms with van der Waals surface area (Å²) in [5.41, 5.74) is 0.897. The quantitative estimate of drug-likeness (QED) is 0.663. The van der Waals surface area contributed by atoms with Crippen molar-refractivity contribution in [2.24, 2.45) is 0 Å². The second-order valence-corrected chi connectivity index (χ2v) is 5.51. The molecule has 0 aliphatic carbocycles. The van der Waals surface area contributed by atoms with Crippen LogP contribution in [-0.4, -0.2) is 34.7 Å². The van der Waals surface area contributed by atoms with Gasteiger partial charge in [-0.05, 0) is 17.7 Å². The van der Waals surface area contributed by atoms with Crippen molar-refractivity contribution in [3.8, 4) is 0 Å². The van der Waals surface area contributed by atoms with Crippen LogP contribution in [0.4, 0.5) is 4.39 Å². The maximum Gasteiger partial charge on any atom is 0.137 e. The molecule has 0 saturated heterocycles. The molecule has 0 aliphatic heterocycles. The van der Waals surface area contributed by atoms with E-state index < -0.39 is 6.10 Å². The van der Waals surface area contributed by atoms with Gasteiger partial charge in [-0.25, -0.2) is 4.39 Å². The molecule has 0 aromatic heterocycles. The summed E-state index contributed by atoms with van der Waals surface area (Å²) in [5.74, 6) is 0.00462. The summed E-state index contributed by atoms with van der Waals surface area (Å²) in [5, 5.41) is 21.1. The second-order valence-electron chi connectivity index (χ2n) is 4.45. The zero-order valence-corrected chi connectivity index (χ0v) is 11.5. The fraction of sp³-hybridized carbons (Fsp3) is 0.538. The van der Waals surface area contributed by atoms with Crippen molar-refractivity contribution < 1.29 is 14.6 Å². The molecule has 0 spiro atoms. The first-order chi connectivity index (χ1) is 8.52. The van der Waals surface area contributed by atoms with Crippen LogP contribution < -0.4 is 5.32 Å². The van der Waals surface area contributed by atoms with Gasteiger partial charge in [-0.3, -0.25) is 0 Å². The third kappa shape index (κ3) is 5.35. The SMILES string of the molecule is CC(C)NCc1ccc(SCC(O)CO)c(F)c1. The van der Waals surface area contributed by atoms with Crippen molar-refractivity contribution in [3.63, 3.8) is 0 Å². The van der Waals surface area contributed by atoms with Crippen LogP contribution >= 0.6 is 11.8 Å². The van der Waals surface area contributed by atoms with Crippen molar-refractivity contribution in [1.29, 1.82) is 0 Å². The summed E-state index contributed by atoms with van der Waals surface area (Å²) in [7, 11) is 0. The van der Waals surface area contributed by atoms with Crippen LogP contribution in [0, 0.1) is 5.82 Å². The van der Waals surface area contributed by atoms with Gasteiger partial charge >= 0.3 is 0 Å². The average Bonchev–Trinajstić information content (AvgIpc) is 2.34. The van der Waals surface area contributed by atoms with Gasteiger partial charge in [0.05, 0.1) is 12.7 Å². The number of hydrogen-bond donors (Lipinski definition) is 3. The lowest BCUT2D eigenvalue weighted by molar-refractivity contribution is 0.113. The monoisotopic (exact) mass is 273 g/mol.